The van der Waals surface area contributed by atoms with Gasteiger partial charge in [0.1, 0.15) is 0 Å². The van der Waals surface area contributed by atoms with Crippen LogP contribution in [0.25, 0.3) is 0 Å². The molecular weight excluding hydrogens is 260 g/mol. The lowest BCUT2D eigenvalue weighted by atomic mass is 9.75. The van der Waals surface area contributed by atoms with Gasteiger partial charge in [-0.1, -0.05) is 19.8 Å². The van der Waals surface area contributed by atoms with E-state index in [2.05, 4.69) is 24.5 Å². The smallest absolute Gasteiger partial charge is 0.227 e. The third kappa shape index (κ3) is 2.99. The summed E-state index contributed by atoms with van der Waals surface area (Å²) in [6, 6.07) is 0.364. The van der Waals surface area contributed by atoms with Gasteiger partial charge in [-0.05, 0) is 69.7 Å². The highest BCUT2D eigenvalue weighted by Gasteiger charge is 2.44. The molecule has 0 spiro atoms. The van der Waals surface area contributed by atoms with Crippen LogP contribution in [0.2, 0.25) is 0 Å². The quantitative estimate of drug-likeness (QED) is 0.817. The van der Waals surface area contributed by atoms with E-state index in [0.717, 1.165) is 56.5 Å². The molecule has 5 unspecified atom stereocenters. The summed E-state index contributed by atoms with van der Waals surface area (Å²) in [5, 5.41) is 6.87. The van der Waals surface area contributed by atoms with Crippen LogP contribution in [0.4, 0.5) is 0 Å². The van der Waals surface area contributed by atoms with Crippen molar-refractivity contribution in [2.75, 3.05) is 13.1 Å². The molecule has 1 heterocycles. The van der Waals surface area contributed by atoms with Crippen LogP contribution in [0.3, 0.4) is 0 Å². The van der Waals surface area contributed by atoms with Crippen LogP contribution in [-0.2, 0) is 4.79 Å². The lowest BCUT2D eigenvalue weighted by Crippen LogP contribution is -2.53. The summed E-state index contributed by atoms with van der Waals surface area (Å²) in [7, 11) is 0. The Kier molecular flexibility index (Phi) is 4.58. The zero-order valence-corrected chi connectivity index (χ0v) is 13.8. The fourth-order valence-electron chi connectivity index (χ4n) is 5.34. The van der Waals surface area contributed by atoms with Crippen molar-refractivity contribution in [1.29, 1.82) is 0 Å². The van der Waals surface area contributed by atoms with E-state index in [1.807, 2.05) is 0 Å². The van der Waals surface area contributed by atoms with Gasteiger partial charge in [0.25, 0.3) is 0 Å². The van der Waals surface area contributed by atoms with Crippen molar-refractivity contribution < 1.29 is 4.79 Å². The summed E-state index contributed by atoms with van der Waals surface area (Å²) >= 11 is 0. The van der Waals surface area contributed by atoms with Crippen LogP contribution in [0.5, 0.6) is 0 Å². The topological polar surface area (TPSA) is 41.1 Å². The van der Waals surface area contributed by atoms with E-state index in [-0.39, 0.29) is 5.41 Å². The zero-order chi connectivity index (χ0) is 14.9. The van der Waals surface area contributed by atoms with Gasteiger partial charge in [0.2, 0.25) is 5.91 Å². The molecule has 3 aliphatic rings. The molecule has 1 aliphatic heterocycles. The first kappa shape index (κ1) is 15.3. The predicted octanol–water partition coefficient (Wildman–Crippen LogP) is 3.10. The Morgan fingerprint density at radius 2 is 2.24 bits per heavy atom. The van der Waals surface area contributed by atoms with Crippen molar-refractivity contribution in [3.63, 3.8) is 0 Å². The molecule has 0 radical (unpaired) electrons. The number of hydrogen-bond donors (Lipinski definition) is 2. The van der Waals surface area contributed by atoms with Gasteiger partial charge in [-0.2, -0.15) is 0 Å². The van der Waals surface area contributed by atoms with Crippen LogP contribution >= 0.6 is 0 Å². The Morgan fingerprint density at radius 1 is 1.38 bits per heavy atom. The van der Waals surface area contributed by atoms with E-state index in [9.17, 15) is 4.79 Å². The molecule has 0 aromatic rings. The van der Waals surface area contributed by atoms with Crippen LogP contribution in [-0.4, -0.2) is 25.0 Å². The van der Waals surface area contributed by atoms with Crippen molar-refractivity contribution >= 4 is 5.91 Å². The number of hydrogen-bond acceptors (Lipinski definition) is 2. The normalized spacial score (nSPS) is 40.2. The molecule has 3 fully saturated rings. The SMILES string of the molecule is CCCC1(C(=O)NC(C)C2CC3CCC2C3)CCCNC1. The maximum absolute atomic E-state index is 12.9. The van der Waals surface area contributed by atoms with Gasteiger partial charge in [0.15, 0.2) is 0 Å². The van der Waals surface area contributed by atoms with Gasteiger partial charge in [-0.25, -0.2) is 0 Å². The number of piperidine rings is 1. The second kappa shape index (κ2) is 6.28. The second-order valence-electron chi connectivity index (χ2n) is 7.91. The number of carbonyl (C=O) groups excluding carboxylic acids is 1. The first-order chi connectivity index (χ1) is 10.1. The summed E-state index contributed by atoms with van der Waals surface area (Å²) in [6.45, 7) is 6.39. The summed E-state index contributed by atoms with van der Waals surface area (Å²) < 4.78 is 0. The summed E-state index contributed by atoms with van der Waals surface area (Å²) in [5.41, 5.74) is -0.140. The van der Waals surface area contributed by atoms with Gasteiger partial charge in [-0.3, -0.25) is 4.79 Å². The third-order valence-corrected chi connectivity index (χ3v) is 6.48. The zero-order valence-electron chi connectivity index (χ0n) is 13.8. The van der Waals surface area contributed by atoms with E-state index in [0.29, 0.717) is 11.9 Å². The van der Waals surface area contributed by atoms with E-state index in [1.54, 1.807) is 0 Å². The lowest BCUT2D eigenvalue weighted by molar-refractivity contribution is -0.133. The fraction of sp³-hybridized carbons (Fsp3) is 0.944. The predicted molar refractivity (Wildman–Crippen MR) is 86.0 cm³/mol. The number of nitrogens with one attached hydrogen (secondary N) is 2. The monoisotopic (exact) mass is 292 g/mol. The Bertz CT molecular complexity index is 370. The van der Waals surface area contributed by atoms with Crippen LogP contribution in [0.15, 0.2) is 0 Å². The maximum atomic E-state index is 12.9. The molecule has 21 heavy (non-hydrogen) atoms. The fourth-order valence-corrected chi connectivity index (χ4v) is 5.34. The molecule has 1 amide bonds. The van der Waals surface area contributed by atoms with Crippen molar-refractivity contribution in [2.24, 2.45) is 23.2 Å². The largest absolute Gasteiger partial charge is 0.353 e. The number of fused-ring (bicyclic) bond motifs is 2. The van der Waals surface area contributed by atoms with Gasteiger partial charge >= 0.3 is 0 Å². The Hall–Kier alpha value is -0.570. The first-order valence-corrected chi connectivity index (χ1v) is 9.16. The molecular formula is C18H32N2O. The van der Waals surface area contributed by atoms with E-state index in [1.165, 1.54) is 25.7 Å². The Morgan fingerprint density at radius 3 is 2.81 bits per heavy atom. The minimum Gasteiger partial charge on any atom is -0.353 e. The summed E-state index contributed by atoms with van der Waals surface area (Å²) in [6.07, 6.45) is 9.92. The van der Waals surface area contributed by atoms with Crippen LogP contribution in [0.1, 0.15) is 65.2 Å². The lowest BCUT2D eigenvalue weighted by Gasteiger charge is -2.38. The van der Waals surface area contributed by atoms with E-state index < -0.39 is 0 Å². The first-order valence-electron chi connectivity index (χ1n) is 9.16. The van der Waals surface area contributed by atoms with E-state index in [4.69, 9.17) is 0 Å². The molecule has 2 aliphatic carbocycles. The minimum absolute atomic E-state index is 0.140. The minimum atomic E-state index is -0.140. The van der Waals surface area contributed by atoms with Crippen molar-refractivity contribution in [3.05, 3.63) is 0 Å². The highest BCUT2D eigenvalue weighted by Crippen LogP contribution is 2.49. The molecule has 1 saturated heterocycles. The number of amides is 1. The Labute approximate surface area is 129 Å². The number of rotatable bonds is 5. The molecule has 2 bridgehead atoms. The summed E-state index contributed by atoms with van der Waals surface area (Å²) in [5.74, 6) is 2.91. The van der Waals surface area contributed by atoms with Gasteiger partial charge in [-0.15, -0.1) is 0 Å². The highest BCUT2D eigenvalue weighted by molar-refractivity contribution is 5.83. The average molecular weight is 292 g/mol. The molecule has 2 N–H and O–H groups in total. The van der Waals surface area contributed by atoms with E-state index >= 15 is 0 Å². The van der Waals surface area contributed by atoms with Gasteiger partial charge < -0.3 is 10.6 Å². The molecule has 5 atom stereocenters. The molecule has 0 aromatic heterocycles. The van der Waals surface area contributed by atoms with Gasteiger partial charge in [0.05, 0.1) is 5.41 Å². The van der Waals surface area contributed by atoms with Gasteiger partial charge in [0, 0.05) is 12.6 Å². The third-order valence-electron chi connectivity index (χ3n) is 6.48. The molecule has 3 heteroatoms. The van der Waals surface area contributed by atoms with Crippen molar-refractivity contribution in [1.82, 2.24) is 10.6 Å². The second-order valence-corrected chi connectivity index (χ2v) is 7.91. The molecule has 3 nitrogen and oxygen atoms in total. The summed E-state index contributed by atoms with van der Waals surface area (Å²) in [4.78, 5) is 12.9. The van der Waals surface area contributed by atoms with Crippen LogP contribution < -0.4 is 10.6 Å². The van der Waals surface area contributed by atoms with Crippen molar-refractivity contribution in [2.45, 2.75) is 71.3 Å². The molecule has 3 rings (SSSR count). The molecule has 0 aromatic carbocycles. The standard InChI is InChI=1S/C18H32N2O/c1-3-7-18(8-4-9-19-12-18)17(21)20-13(2)16-11-14-5-6-15(16)10-14/h13-16,19H,3-12H2,1-2H3,(H,20,21). The average Bonchev–Trinajstić information content (AvgIpc) is 3.11. The Balaban J connectivity index is 1.61. The maximum Gasteiger partial charge on any atom is 0.227 e. The van der Waals surface area contributed by atoms with Crippen LogP contribution in [0, 0.1) is 23.2 Å². The molecule has 120 valence electrons. The highest BCUT2D eigenvalue weighted by atomic mass is 16.2. The van der Waals surface area contributed by atoms with Crippen molar-refractivity contribution in [3.8, 4) is 0 Å². The molecule has 2 saturated carbocycles. The number of carbonyl (C=O) groups is 1.